The van der Waals surface area contributed by atoms with Crippen LogP contribution < -0.4 is 28.4 Å². The summed E-state index contributed by atoms with van der Waals surface area (Å²) in [6, 6.07) is 7.63. The summed E-state index contributed by atoms with van der Waals surface area (Å²) in [7, 11) is 10.3. The minimum atomic E-state index is -0.218. The van der Waals surface area contributed by atoms with Crippen LogP contribution in [0.1, 0.15) is 43.2 Å². The SMILES string of the molecule is COc1ccc(CC2COc3cc(OC)c(OC)c(OC)c3C2)cc1OC(=O)CCCCC1CCSS1. The highest BCUT2D eigenvalue weighted by Crippen LogP contribution is 2.48. The van der Waals surface area contributed by atoms with Gasteiger partial charge in [-0.25, -0.2) is 0 Å². The number of unbranched alkanes of at least 4 members (excludes halogenated alkanes) is 1. The van der Waals surface area contributed by atoms with E-state index in [2.05, 4.69) is 0 Å². The molecule has 0 saturated carbocycles. The van der Waals surface area contributed by atoms with E-state index in [0.717, 1.165) is 47.8 Å². The molecule has 2 heterocycles. The zero-order valence-corrected chi connectivity index (χ0v) is 23.6. The van der Waals surface area contributed by atoms with Crippen LogP contribution in [0.2, 0.25) is 0 Å². The van der Waals surface area contributed by atoms with Gasteiger partial charge in [-0.2, -0.15) is 0 Å². The Hall–Kier alpha value is -2.39. The molecule has 0 bridgehead atoms. The molecule has 2 aliphatic rings. The first kappa shape index (κ1) is 27.6. The molecule has 2 aromatic rings. The van der Waals surface area contributed by atoms with Gasteiger partial charge in [0, 0.05) is 35.0 Å². The number of hydrogen-bond donors (Lipinski definition) is 0. The Bertz CT molecular complexity index is 1070. The van der Waals surface area contributed by atoms with Crippen molar-refractivity contribution in [3.63, 3.8) is 0 Å². The Balaban J connectivity index is 1.38. The van der Waals surface area contributed by atoms with Crippen LogP contribution in [0.25, 0.3) is 0 Å². The summed E-state index contributed by atoms with van der Waals surface area (Å²) in [6.07, 6.45) is 6.26. The average molecular weight is 549 g/mol. The van der Waals surface area contributed by atoms with Crippen molar-refractivity contribution in [1.29, 1.82) is 0 Å². The molecule has 37 heavy (non-hydrogen) atoms. The van der Waals surface area contributed by atoms with E-state index in [0.29, 0.717) is 41.8 Å². The summed E-state index contributed by atoms with van der Waals surface area (Å²) in [5.41, 5.74) is 2.02. The first-order valence-corrected chi connectivity index (χ1v) is 15.0. The molecule has 202 valence electrons. The van der Waals surface area contributed by atoms with Crippen LogP contribution in [-0.4, -0.2) is 52.0 Å². The Morgan fingerprint density at radius 3 is 2.49 bits per heavy atom. The number of carbonyl (C=O) groups is 1. The smallest absolute Gasteiger partial charge is 0.311 e. The summed E-state index contributed by atoms with van der Waals surface area (Å²) in [5, 5.41) is 0.733. The molecule has 1 saturated heterocycles. The quantitative estimate of drug-likeness (QED) is 0.135. The van der Waals surface area contributed by atoms with Crippen LogP contribution in [-0.2, 0) is 17.6 Å². The van der Waals surface area contributed by atoms with Crippen molar-refractivity contribution >= 4 is 27.6 Å². The lowest BCUT2D eigenvalue weighted by Gasteiger charge is -2.28. The van der Waals surface area contributed by atoms with Crippen LogP contribution in [0.4, 0.5) is 0 Å². The maximum atomic E-state index is 12.6. The van der Waals surface area contributed by atoms with Gasteiger partial charge < -0.3 is 28.4 Å². The topological polar surface area (TPSA) is 72.5 Å². The van der Waals surface area contributed by atoms with Crippen LogP contribution in [0.15, 0.2) is 24.3 Å². The van der Waals surface area contributed by atoms with Gasteiger partial charge in [0.2, 0.25) is 5.75 Å². The molecule has 0 spiro atoms. The summed E-state index contributed by atoms with van der Waals surface area (Å²) in [6.45, 7) is 0.560. The van der Waals surface area contributed by atoms with Crippen molar-refractivity contribution in [3.8, 4) is 34.5 Å². The third kappa shape index (κ3) is 6.93. The van der Waals surface area contributed by atoms with Crippen molar-refractivity contribution in [2.45, 2.75) is 50.2 Å². The predicted octanol–water partition coefficient (Wildman–Crippen LogP) is 6.13. The molecule has 0 aliphatic carbocycles. The Kier molecular flexibility index (Phi) is 10.0. The van der Waals surface area contributed by atoms with E-state index in [1.54, 1.807) is 28.4 Å². The molecule has 2 atom stereocenters. The molecule has 0 radical (unpaired) electrons. The van der Waals surface area contributed by atoms with Crippen molar-refractivity contribution in [2.75, 3.05) is 40.8 Å². The van der Waals surface area contributed by atoms with E-state index in [-0.39, 0.29) is 11.9 Å². The van der Waals surface area contributed by atoms with Crippen molar-refractivity contribution in [3.05, 3.63) is 35.4 Å². The summed E-state index contributed by atoms with van der Waals surface area (Å²) in [5.74, 6) is 4.78. The highest BCUT2D eigenvalue weighted by molar-refractivity contribution is 8.77. The van der Waals surface area contributed by atoms with Crippen molar-refractivity contribution < 1.29 is 33.2 Å². The number of hydrogen-bond acceptors (Lipinski definition) is 9. The third-order valence-electron chi connectivity index (χ3n) is 6.72. The lowest BCUT2D eigenvalue weighted by atomic mass is 9.90. The fraction of sp³-hybridized carbons (Fsp3) is 0.536. The monoisotopic (exact) mass is 548 g/mol. The number of fused-ring (bicyclic) bond motifs is 1. The first-order valence-electron chi connectivity index (χ1n) is 12.7. The second kappa shape index (κ2) is 13.4. The Morgan fingerprint density at radius 1 is 0.973 bits per heavy atom. The zero-order valence-electron chi connectivity index (χ0n) is 22.0. The summed E-state index contributed by atoms with van der Waals surface area (Å²) in [4.78, 5) is 12.6. The van der Waals surface area contributed by atoms with Gasteiger partial charge in [0.25, 0.3) is 0 Å². The number of carbonyl (C=O) groups excluding carboxylic acids is 1. The zero-order chi connectivity index (χ0) is 26.2. The number of ether oxygens (including phenoxy) is 6. The second-order valence-electron chi connectivity index (χ2n) is 9.24. The van der Waals surface area contributed by atoms with E-state index in [1.165, 1.54) is 18.6 Å². The fourth-order valence-electron chi connectivity index (χ4n) is 4.84. The molecule has 0 amide bonds. The van der Waals surface area contributed by atoms with Gasteiger partial charge in [-0.05, 0) is 49.8 Å². The molecule has 2 unspecified atom stereocenters. The molecule has 4 rings (SSSR count). The molecule has 2 aliphatic heterocycles. The first-order chi connectivity index (χ1) is 18.1. The van der Waals surface area contributed by atoms with Crippen LogP contribution in [0.5, 0.6) is 34.5 Å². The third-order valence-corrected chi connectivity index (χ3v) is 9.73. The largest absolute Gasteiger partial charge is 0.493 e. The van der Waals surface area contributed by atoms with E-state index in [9.17, 15) is 4.79 Å². The van der Waals surface area contributed by atoms with Gasteiger partial charge in [0.05, 0.1) is 35.0 Å². The molecule has 9 heteroatoms. The van der Waals surface area contributed by atoms with Gasteiger partial charge in [0.1, 0.15) is 5.75 Å². The van der Waals surface area contributed by atoms with E-state index in [1.807, 2.05) is 45.9 Å². The summed E-state index contributed by atoms with van der Waals surface area (Å²) >= 11 is 0. The maximum absolute atomic E-state index is 12.6. The molecule has 2 aromatic carbocycles. The molecule has 1 fully saturated rings. The molecule has 7 nitrogen and oxygen atoms in total. The predicted molar refractivity (Wildman–Crippen MR) is 148 cm³/mol. The van der Waals surface area contributed by atoms with Gasteiger partial charge >= 0.3 is 5.97 Å². The lowest BCUT2D eigenvalue weighted by molar-refractivity contribution is -0.134. The molecule has 0 aromatic heterocycles. The fourth-order valence-corrected chi connectivity index (χ4v) is 7.87. The van der Waals surface area contributed by atoms with Crippen LogP contribution in [0.3, 0.4) is 0 Å². The number of benzene rings is 2. The maximum Gasteiger partial charge on any atom is 0.311 e. The minimum Gasteiger partial charge on any atom is -0.493 e. The van der Waals surface area contributed by atoms with Gasteiger partial charge in [-0.1, -0.05) is 34.1 Å². The Morgan fingerprint density at radius 2 is 1.78 bits per heavy atom. The Labute approximate surface area is 227 Å². The van der Waals surface area contributed by atoms with Gasteiger partial charge in [0.15, 0.2) is 23.0 Å². The van der Waals surface area contributed by atoms with E-state index < -0.39 is 0 Å². The van der Waals surface area contributed by atoms with E-state index >= 15 is 0 Å². The molecule has 0 N–H and O–H groups in total. The normalized spacial score (nSPS) is 18.5. The molecular weight excluding hydrogens is 512 g/mol. The van der Waals surface area contributed by atoms with Crippen LogP contribution in [0, 0.1) is 5.92 Å². The van der Waals surface area contributed by atoms with Crippen molar-refractivity contribution in [2.24, 2.45) is 5.92 Å². The number of methoxy groups -OCH3 is 4. The standard InChI is InChI=1S/C28H36O7S2/c1-30-22-10-9-18(15-24(22)35-26(29)8-6-5-7-20-11-12-36-37-20)13-19-14-21-23(34-17-19)16-25(31-2)28(33-4)27(21)32-3/h9-10,15-16,19-20H,5-8,11-14,17H2,1-4H3. The average Bonchev–Trinajstić information content (AvgIpc) is 3.44. The highest BCUT2D eigenvalue weighted by Gasteiger charge is 2.28. The van der Waals surface area contributed by atoms with E-state index in [4.69, 9.17) is 28.4 Å². The minimum absolute atomic E-state index is 0.211. The summed E-state index contributed by atoms with van der Waals surface area (Å²) < 4.78 is 34.0. The second-order valence-corrected chi connectivity index (χ2v) is 12.0. The number of esters is 1. The number of rotatable bonds is 12. The van der Waals surface area contributed by atoms with Gasteiger partial charge in [-0.15, -0.1) is 0 Å². The lowest BCUT2D eigenvalue weighted by Crippen LogP contribution is -2.23. The molecular formula is C28H36O7S2. The van der Waals surface area contributed by atoms with Gasteiger partial charge in [-0.3, -0.25) is 4.79 Å². The highest BCUT2D eigenvalue weighted by atomic mass is 33.1. The van der Waals surface area contributed by atoms with Crippen molar-refractivity contribution in [1.82, 2.24) is 0 Å². The van der Waals surface area contributed by atoms with Crippen LogP contribution >= 0.6 is 21.6 Å².